The summed E-state index contributed by atoms with van der Waals surface area (Å²) in [5.41, 5.74) is 6.23. The van der Waals surface area contributed by atoms with Crippen LogP contribution in [0.2, 0.25) is 0 Å². The van der Waals surface area contributed by atoms with Crippen LogP contribution in [-0.2, 0) is 0 Å². The Labute approximate surface area is 180 Å². The third kappa shape index (κ3) is 2.90. The fourth-order valence-corrected chi connectivity index (χ4v) is 3.90. The molecule has 0 fully saturated rings. The molecule has 3 N–H and O–H groups in total. The van der Waals surface area contributed by atoms with Crippen LogP contribution in [0.3, 0.4) is 0 Å². The summed E-state index contributed by atoms with van der Waals surface area (Å²) in [6.45, 7) is 0. The van der Waals surface area contributed by atoms with Crippen LogP contribution < -0.4 is 4.74 Å². The fourth-order valence-electron chi connectivity index (χ4n) is 3.90. The van der Waals surface area contributed by atoms with E-state index >= 15 is 0 Å². The first-order chi connectivity index (χ1) is 15.7. The van der Waals surface area contributed by atoms with Gasteiger partial charge in [0.05, 0.1) is 24.7 Å². The van der Waals surface area contributed by atoms with Crippen LogP contribution in [0.4, 0.5) is 4.39 Å². The Balaban J connectivity index is 1.51. The largest absolute Gasteiger partial charge is 0.497 e. The van der Waals surface area contributed by atoms with E-state index in [0.29, 0.717) is 22.7 Å². The van der Waals surface area contributed by atoms with E-state index < -0.39 is 0 Å². The molecule has 8 nitrogen and oxygen atoms in total. The molecule has 0 saturated carbocycles. The third-order valence-corrected chi connectivity index (χ3v) is 5.43. The van der Waals surface area contributed by atoms with Crippen LogP contribution in [0.5, 0.6) is 5.75 Å². The number of pyridine rings is 2. The normalized spacial score (nSPS) is 11.4. The molecule has 6 aromatic rings. The lowest BCUT2D eigenvalue weighted by Gasteiger charge is -2.06. The zero-order chi connectivity index (χ0) is 21.7. The average Bonchev–Trinajstić information content (AvgIpc) is 3.56. The second kappa shape index (κ2) is 7.02. The predicted octanol–water partition coefficient (Wildman–Crippen LogP) is 4.71. The van der Waals surface area contributed by atoms with Gasteiger partial charge < -0.3 is 9.72 Å². The summed E-state index contributed by atoms with van der Waals surface area (Å²) >= 11 is 0. The summed E-state index contributed by atoms with van der Waals surface area (Å²) < 4.78 is 19.3. The topological polar surface area (TPSA) is 108 Å². The summed E-state index contributed by atoms with van der Waals surface area (Å²) in [4.78, 5) is 12.4. The number of halogens is 1. The lowest BCUT2D eigenvalue weighted by Crippen LogP contribution is -1.89. The van der Waals surface area contributed by atoms with E-state index in [1.165, 1.54) is 19.2 Å². The number of H-pyrrole nitrogens is 3. The Kier molecular flexibility index (Phi) is 4.00. The number of nitrogens with zero attached hydrogens (tertiary/aromatic N) is 4. The maximum absolute atomic E-state index is 14.1. The fraction of sp³-hybridized carbons (Fsp3) is 0.0435. The zero-order valence-electron chi connectivity index (χ0n) is 16.8. The molecule has 0 aliphatic carbocycles. The van der Waals surface area contributed by atoms with Gasteiger partial charge in [-0.25, -0.2) is 9.37 Å². The van der Waals surface area contributed by atoms with Crippen molar-refractivity contribution in [2.45, 2.75) is 0 Å². The first-order valence-electron chi connectivity index (χ1n) is 9.86. The molecule has 5 heterocycles. The molecule has 0 atom stereocenters. The number of aromatic nitrogens is 7. The molecule has 5 aromatic heterocycles. The van der Waals surface area contributed by atoms with Crippen molar-refractivity contribution in [3.05, 3.63) is 67.0 Å². The molecule has 156 valence electrons. The number of fused-ring (bicyclic) bond motifs is 2. The van der Waals surface area contributed by atoms with Crippen molar-refractivity contribution in [2.24, 2.45) is 0 Å². The molecule has 9 heteroatoms. The Bertz CT molecular complexity index is 1580. The van der Waals surface area contributed by atoms with E-state index in [1.54, 1.807) is 24.7 Å². The molecule has 0 aliphatic rings. The van der Waals surface area contributed by atoms with Gasteiger partial charge in [-0.05, 0) is 30.3 Å². The van der Waals surface area contributed by atoms with Crippen LogP contribution in [-0.4, -0.2) is 42.5 Å². The van der Waals surface area contributed by atoms with Gasteiger partial charge in [-0.1, -0.05) is 0 Å². The molecule has 0 bridgehead atoms. The van der Waals surface area contributed by atoms with Crippen LogP contribution in [0, 0.1) is 5.82 Å². The molecule has 0 unspecified atom stereocenters. The molecule has 1 aromatic carbocycles. The molecule has 0 aliphatic heterocycles. The maximum Gasteiger partial charge on any atom is 0.155 e. The van der Waals surface area contributed by atoms with Crippen molar-refractivity contribution >= 4 is 21.9 Å². The molecule has 32 heavy (non-hydrogen) atoms. The van der Waals surface area contributed by atoms with Crippen molar-refractivity contribution in [3.8, 4) is 39.5 Å². The van der Waals surface area contributed by atoms with Crippen LogP contribution in [0.15, 0.2) is 61.2 Å². The number of hydrogen-bond acceptors (Lipinski definition) is 5. The minimum Gasteiger partial charge on any atom is -0.497 e. The summed E-state index contributed by atoms with van der Waals surface area (Å²) in [6, 6.07) is 10.4. The highest BCUT2D eigenvalue weighted by Gasteiger charge is 2.16. The molecular weight excluding hydrogens is 409 g/mol. The van der Waals surface area contributed by atoms with Gasteiger partial charge in [0.2, 0.25) is 0 Å². The molecule has 0 radical (unpaired) electrons. The highest BCUT2D eigenvalue weighted by Crippen LogP contribution is 2.34. The number of methoxy groups -OCH3 is 1. The highest BCUT2D eigenvalue weighted by molar-refractivity contribution is 6.00. The summed E-state index contributed by atoms with van der Waals surface area (Å²) in [6.07, 6.45) is 7.03. The Morgan fingerprint density at radius 1 is 0.906 bits per heavy atom. The second-order valence-electron chi connectivity index (χ2n) is 7.36. The number of aromatic amines is 3. The van der Waals surface area contributed by atoms with E-state index in [-0.39, 0.29) is 5.82 Å². The predicted molar refractivity (Wildman–Crippen MR) is 119 cm³/mol. The van der Waals surface area contributed by atoms with Crippen molar-refractivity contribution in [1.29, 1.82) is 0 Å². The minimum absolute atomic E-state index is 0.384. The quantitative estimate of drug-likeness (QED) is 0.379. The second-order valence-corrected chi connectivity index (χ2v) is 7.36. The van der Waals surface area contributed by atoms with E-state index in [4.69, 9.17) is 4.74 Å². The summed E-state index contributed by atoms with van der Waals surface area (Å²) in [7, 11) is 1.51. The number of rotatable bonds is 4. The molecule has 0 saturated heterocycles. The van der Waals surface area contributed by atoms with E-state index in [0.717, 1.165) is 38.8 Å². The molecule has 6 rings (SSSR count). The van der Waals surface area contributed by atoms with Gasteiger partial charge in [0.15, 0.2) is 5.65 Å². The monoisotopic (exact) mass is 425 g/mol. The lowest BCUT2D eigenvalue weighted by molar-refractivity contribution is 0.411. The van der Waals surface area contributed by atoms with Crippen LogP contribution in [0.25, 0.3) is 55.7 Å². The number of ether oxygens (including phenoxy) is 1. The van der Waals surface area contributed by atoms with Crippen molar-refractivity contribution in [2.75, 3.05) is 7.11 Å². The zero-order valence-corrected chi connectivity index (χ0v) is 16.8. The van der Waals surface area contributed by atoms with Crippen molar-refractivity contribution < 1.29 is 9.13 Å². The Hall–Kier alpha value is -4.53. The van der Waals surface area contributed by atoms with Gasteiger partial charge in [0, 0.05) is 57.6 Å². The molecular formula is C23H16FN7O. The van der Waals surface area contributed by atoms with Crippen molar-refractivity contribution in [1.82, 2.24) is 35.3 Å². The highest BCUT2D eigenvalue weighted by atomic mass is 19.1. The average molecular weight is 425 g/mol. The van der Waals surface area contributed by atoms with Gasteiger partial charge in [-0.15, -0.1) is 0 Å². The maximum atomic E-state index is 14.1. The Morgan fingerprint density at radius 2 is 1.84 bits per heavy atom. The first kappa shape index (κ1) is 18.3. The smallest absolute Gasteiger partial charge is 0.155 e. The summed E-state index contributed by atoms with van der Waals surface area (Å²) in [5, 5.41) is 16.0. The molecule has 0 spiro atoms. The number of benzene rings is 1. The van der Waals surface area contributed by atoms with E-state index in [2.05, 4.69) is 35.3 Å². The third-order valence-electron chi connectivity index (χ3n) is 5.43. The van der Waals surface area contributed by atoms with Crippen LogP contribution in [0.1, 0.15) is 0 Å². The van der Waals surface area contributed by atoms with Gasteiger partial charge >= 0.3 is 0 Å². The van der Waals surface area contributed by atoms with Gasteiger partial charge in [-0.3, -0.25) is 15.2 Å². The van der Waals surface area contributed by atoms with E-state index in [9.17, 15) is 4.39 Å². The van der Waals surface area contributed by atoms with Crippen molar-refractivity contribution in [3.63, 3.8) is 0 Å². The van der Waals surface area contributed by atoms with Gasteiger partial charge in [0.1, 0.15) is 17.3 Å². The van der Waals surface area contributed by atoms with Gasteiger partial charge in [-0.2, -0.15) is 10.2 Å². The molecule has 0 amide bonds. The van der Waals surface area contributed by atoms with E-state index in [1.807, 2.05) is 24.4 Å². The standard InChI is InChI=1S/C23H16FN7O/c1-32-16-5-12(4-15(24)7-16)21-17-8-20(29-19(17)2-3-25-21)22-18-6-13(14-10-27-28-11-14)9-26-23(18)31-30-22/h2-11,29H,1H3,(H,27,28)(H,26,30,31). The minimum atomic E-state index is -0.384. The number of hydrogen-bond donors (Lipinski definition) is 3. The Morgan fingerprint density at radius 3 is 2.69 bits per heavy atom. The van der Waals surface area contributed by atoms with Gasteiger partial charge in [0.25, 0.3) is 0 Å². The number of nitrogens with one attached hydrogen (secondary N) is 3. The lowest BCUT2D eigenvalue weighted by atomic mass is 10.1. The van der Waals surface area contributed by atoms with Crippen LogP contribution >= 0.6 is 0 Å². The first-order valence-corrected chi connectivity index (χ1v) is 9.86. The summed E-state index contributed by atoms with van der Waals surface area (Å²) in [5.74, 6) is 0.0516. The SMILES string of the molecule is COc1cc(F)cc(-c2nccc3[nH]c(-c4n[nH]c5ncc(-c6cn[nH]c6)cc45)cc23)c1.